The molecule has 0 aromatic carbocycles. The number of carbonyl (C=O) groups excluding carboxylic acids is 1. The SMILES string of the molecule is CCO[C@@H]1C[C@@H](O)C12CCN(C(=O)c1cc(C)n(C)n1)CC2. The minimum absolute atomic E-state index is 0.0136. The Labute approximate surface area is 131 Å². The molecule has 0 radical (unpaired) electrons. The minimum Gasteiger partial charge on any atom is -0.392 e. The topological polar surface area (TPSA) is 67.6 Å². The van der Waals surface area contributed by atoms with E-state index >= 15 is 0 Å². The molecule has 2 aliphatic rings. The Kier molecular flexibility index (Phi) is 3.99. The lowest BCUT2D eigenvalue weighted by Crippen LogP contribution is -2.62. The summed E-state index contributed by atoms with van der Waals surface area (Å²) in [5.41, 5.74) is 1.33. The predicted octanol–water partition coefficient (Wildman–Crippen LogP) is 1.12. The van der Waals surface area contributed by atoms with Gasteiger partial charge in [-0.15, -0.1) is 0 Å². The van der Waals surface area contributed by atoms with Crippen LogP contribution in [0.5, 0.6) is 0 Å². The molecule has 1 N–H and O–H groups in total. The first-order valence-electron chi connectivity index (χ1n) is 8.07. The highest BCUT2D eigenvalue weighted by Crippen LogP contribution is 2.51. The van der Waals surface area contributed by atoms with Crippen molar-refractivity contribution >= 4 is 5.91 Å². The van der Waals surface area contributed by atoms with Gasteiger partial charge in [-0.25, -0.2) is 0 Å². The summed E-state index contributed by atoms with van der Waals surface area (Å²) in [6.45, 7) is 5.92. The van der Waals surface area contributed by atoms with Crippen molar-refractivity contribution in [2.24, 2.45) is 12.5 Å². The molecule has 3 rings (SSSR count). The fourth-order valence-electron chi connectivity index (χ4n) is 3.77. The number of piperidine rings is 1. The molecule has 2 heterocycles. The number of ether oxygens (including phenoxy) is 1. The number of aliphatic hydroxyl groups excluding tert-OH is 1. The van der Waals surface area contributed by atoms with E-state index in [-0.39, 0.29) is 23.5 Å². The second-order valence-corrected chi connectivity index (χ2v) is 6.52. The predicted molar refractivity (Wildman–Crippen MR) is 81.6 cm³/mol. The van der Waals surface area contributed by atoms with Gasteiger partial charge in [-0.2, -0.15) is 5.10 Å². The van der Waals surface area contributed by atoms with Gasteiger partial charge in [0.25, 0.3) is 5.91 Å². The van der Waals surface area contributed by atoms with Gasteiger partial charge in [0.1, 0.15) is 0 Å². The normalized spacial score (nSPS) is 27.0. The van der Waals surface area contributed by atoms with Gasteiger partial charge >= 0.3 is 0 Å². The van der Waals surface area contributed by atoms with Gasteiger partial charge < -0.3 is 14.7 Å². The highest BCUT2D eigenvalue weighted by molar-refractivity contribution is 5.92. The van der Waals surface area contributed by atoms with Gasteiger partial charge in [-0.1, -0.05) is 0 Å². The first-order chi connectivity index (χ1) is 10.5. The third-order valence-electron chi connectivity index (χ3n) is 5.42. The zero-order chi connectivity index (χ0) is 15.9. The summed E-state index contributed by atoms with van der Waals surface area (Å²) in [7, 11) is 1.84. The Balaban J connectivity index is 1.65. The van der Waals surface area contributed by atoms with Crippen molar-refractivity contribution in [3.63, 3.8) is 0 Å². The Hall–Kier alpha value is -1.40. The zero-order valence-corrected chi connectivity index (χ0v) is 13.6. The maximum atomic E-state index is 12.5. The van der Waals surface area contributed by atoms with Crippen molar-refractivity contribution in [3.8, 4) is 0 Å². The Morgan fingerprint density at radius 1 is 1.50 bits per heavy atom. The molecule has 22 heavy (non-hydrogen) atoms. The molecule has 6 nitrogen and oxygen atoms in total. The van der Waals surface area contributed by atoms with E-state index in [1.165, 1.54) is 0 Å². The van der Waals surface area contributed by atoms with Crippen molar-refractivity contribution in [1.29, 1.82) is 0 Å². The Morgan fingerprint density at radius 2 is 2.18 bits per heavy atom. The number of aryl methyl sites for hydroxylation is 2. The molecule has 0 unspecified atom stereocenters. The van der Waals surface area contributed by atoms with Crippen LogP contribution in [0.4, 0.5) is 0 Å². The van der Waals surface area contributed by atoms with Crippen LogP contribution in [0.2, 0.25) is 0 Å². The number of amides is 1. The number of nitrogens with zero attached hydrogens (tertiary/aromatic N) is 3. The summed E-state index contributed by atoms with van der Waals surface area (Å²) in [6, 6.07) is 1.83. The summed E-state index contributed by atoms with van der Waals surface area (Å²) in [5.74, 6) is -0.0136. The lowest BCUT2D eigenvalue weighted by atomic mass is 9.58. The van der Waals surface area contributed by atoms with Crippen LogP contribution in [0.1, 0.15) is 42.4 Å². The van der Waals surface area contributed by atoms with Crippen LogP contribution in [0, 0.1) is 12.3 Å². The third-order valence-corrected chi connectivity index (χ3v) is 5.42. The number of hydrogen-bond donors (Lipinski definition) is 1. The van der Waals surface area contributed by atoms with E-state index in [9.17, 15) is 9.90 Å². The summed E-state index contributed by atoms with van der Waals surface area (Å²) >= 11 is 0. The zero-order valence-electron chi connectivity index (χ0n) is 13.6. The maximum Gasteiger partial charge on any atom is 0.274 e. The molecule has 1 aliphatic heterocycles. The van der Waals surface area contributed by atoms with Crippen LogP contribution >= 0.6 is 0 Å². The molecule has 122 valence electrons. The van der Waals surface area contributed by atoms with Crippen molar-refractivity contribution in [2.45, 2.75) is 45.3 Å². The Morgan fingerprint density at radius 3 is 2.68 bits per heavy atom. The number of aromatic nitrogens is 2. The highest BCUT2D eigenvalue weighted by Gasteiger charge is 2.56. The number of carbonyl (C=O) groups is 1. The van der Waals surface area contributed by atoms with E-state index in [0.717, 1.165) is 25.0 Å². The van der Waals surface area contributed by atoms with Crippen molar-refractivity contribution < 1.29 is 14.6 Å². The fraction of sp³-hybridized carbons (Fsp3) is 0.750. The lowest BCUT2D eigenvalue weighted by Gasteiger charge is -2.56. The molecule has 1 aromatic heterocycles. The van der Waals surface area contributed by atoms with Crippen LogP contribution in [0.3, 0.4) is 0 Å². The molecule has 1 amide bonds. The molecule has 1 saturated carbocycles. The highest BCUT2D eigenvalue weighted by atomic mass is 16.5. The van der Waals surface area contributed by atoms with E-state index in [4.69, 9.17) is 4.74 Å². The van der Waals surface area contributed by atoms with Crippen LogP contribution in [-0.4, -0.2) is 57.6 Å². The van der Waals surface area contributed by atoms with Crippen molar-refractivity contribution in [3.05, 3.63) is 17.5 Å². The molecule has 1 spiro atoms. The molecule has 1 aromatic rings. The van der Waals surface area contributed by atoms with Crippen LogP contribution in [0.25, 0.3) is 0 Å². The second-order valence-electron chi connectivity index (χ2n) is 6.52. The first-order valence-corrected chi connectivity index (χ1v) is 8.07. The Bertz CT molecular complexity index is 539. The summed E-state index contributed by atoms with van der Waals surface area (Å²) < 4.78 is 7.48. The number of aliphatic hydroxyl groups is 1. The molecular formula is C16H25N3O3. The maximum absolute atomic E-state index is 12.5. The van der Waals surface area contributed by atoms with Crippen molar-refractivity contribution in [2.75, 3.05) is 19.7 Å². The van der Waals surface area contributed by atoms with E-state index in [2.05, 4.69) is 5.10 Å². The van der Waals surface area contributed by atoms with Gasteiger partial charge in [-0.05, 0) is 32.8 Å². The van der Waals surface area contributed by atoms with Crippen LogP contribution < -0.4 is 0 Å². The quantitative estimate of drug-likeness (QED) is 0.909. The van der Waals surface area contributed by atoms with E-state index < -0.39 is 0 Å². The third kappa shape index (κ3) is 2.34. The lowest BCUT2D eigenvalue weighted by molar-refractivity contribution is -0.207. The van der Waals surface area contributed by atoms with Gasteiger partial charge in [0.2, 0.25) is 0 Å². The molecule has 2 atom stereocenters. The average Bonchev–Trinajstić information content (AvgIpc) is 2.86. The first kappa shape index (κ1) is 15.5. The molecule has 2 fully saturated rings. The molecule has 1 saturated heterocycles. The van der Waals surface area contributed by atoms with Gasteiger partial charge in [0.05, 0.1) is 12.2 Å². The number of likely N-dealkylation sites (tertiary alicyclic amines) is 1. The van der Waals surface area contributed by atoms with E-state index in [1.807, 2.05) is 31.9 Å². The van der Waals surface area contributed by atoms with E-state index in [1.54, 1.807) is 4.68 Å². The monoisotopic (exact) mass is 307 g/mol. The number of hydrogen-bond acceptors (Lipinski definition) is 4. The smallest absolute Gasteiger partial charge is 0.274 e. The molecule has 0 bridgehead atoms. The van der Waals surface area contributed by atoms with Gasteiger partial charge in [0.15, 0.2) is 5.69 Å². The van der Waals surface area contributed by atoms with Crippen LogP contribution in [0.15, 0.2) is 6.07 Å². The largest absolute Gasteiger partial charge is 0.392 e. The summed E-state index contributed by atoms with van der Waals surface area (Å²) in [5, 5.41) is 14.5. The fourth-order valence-corrected chi connectivity index (χ4v) is 3.77. The minimum atomic E-state index is -0.293. The summed E-state index contributed by atoms with van der Waals surface area (Å²) in [4.78, 5) is 14.4. The standard InChI is InChI=1S/C16H25N3O3/c1-4-22-14-10-13(20)16(14)5-7-19(8-6-16)15(21)12-9-11(2)18(3)17-12/h9,13-14,20H,4-8,10H2,1-3H3/t13-,14-/m1/s1. The van der Waals surface area contributed by atoms with Crippen LogP contribution in [-0.2, 0) is 11.8 Å². The second kappa shape index (κ2) is 5.66. The van der Waals surface area contributed by atoms with Crippen molar-refractivity contribution in [1.82, 2.24) is 14.7 Å². The molecular weight excluding hydrogens is 282 g/mol. The number of rotatable bonds is 3. The average molecular weight is 307 g/mol. The van der Waals surface area contributed by atoms with E-state index in [0.29, 0.717) is 25.4 Å². The van der Waals surface area contributed by atoms with Gasteiger partial charge in [-0.3, -0.25) is 9.48 Å². The molecule has 1 aliphatic carbocycles. The molecule has 6 heteroatoms. The van der Waals surface area contributed by atoms with Gasteiger partial charge in [0, 0.05) is 44.3 Å². The summed E-state index contributed by atoms with van der Waals surface area (Å²) in [6.07, 6.45) is 2.17.